The largest absolute Gasteiger partial charge is 0.453 e. The van der Waals surface area contributed by atoms with Crippen LogP contribution in [0.3, 0.4) is 0 Å². The van der Waals surface area contributed by atoms with Gasteiger partial charge in [0, 0.05) is 37.0 Å². The van der Waals surface area contributed by atoms with Crippen LogP contribution in [-0.2, 0) is 13.0 Å². The Morgan fingerprint density at radius 2 is 2.25 bits per heavy atom. The van der Waals surface area contributed by atoms with Gasteiger partial charge in [-0.25, -0.2) is 4.98 Å². The highest BCUT2D eigenvalue weighted by molar-refractivity contribution is 6.29. The average Bonchev–Trinajstić information content (AvgIpc) is 3.04. The van der Waals surface area contributed by atoms with Gasteiger partial charge in [0.25, 0.3) is 0 Å². The number of imidazole rings is 1. The van der Waals surface area contributed by atoms with Gasteiger partial charge in [-0.3, -0.25) is 0 Å². The van der Waals surface area contributed by atoms with Crippen molar-refractivity contribution >= 4 is 11.6 Å². The lowest BCUT2D eigenvalue weighted by molar-refractivity contribution is 0.492. The van der Waals surface area contributed by atoms with E-state index in [0.717, 1.165) is 43.7 Å². The number of nitrogens with zero attached hydrogens (tertiary/aromatic N) is 2. The van der Waals surface area contributed by atoms with E-state index in [0.29, 0.717) is 5.22 Å². The van der Waals surface area contributed by atoms with E-state index in [1.807, 2.05) is 18.5 Å². The molecule has 0 bridgehead atoms. The van der Waals surface area contributed by atoms with Crippen molar-refractivity contribution in [2.75, 3.05) is 6.54 Å². The van der Waals surface area contributed by atoms with Gasteiger partial charge in [-0.1, -0.05) is 13.8 Å². The van der Waals surface area contributed by atoms with Crippen LogP contribution in [-0.4, -0.2) is 16.1 Å². The smallest absolute Gasteiger partial charge is 0.197 e. The number of aryl methyl sites for hydroxylation is 1. The Morgan fingerprint density at radius 1 is 1.40 bits per heavy atom. The van der Waals surface area contributed by atoms with Crippen molar-refractivity contribution in [3.8, 4) is 0 Å². The molecule has 2 heterocycles. The van der Waals surface area contributed by atoms with E-state index >= 15 is 0 Å². The highest BCUT2D eigenvalue weighted by Crippen LogP contribution is 2.26. The molecule has 0 amide bonds. The van der Waals surface area contributed by atoms with Gasteiger partial charge in [0.2, 0.25) is 0 Å². The van der Waals surface area contributed by atoms with Crippen molar-refractivity contribution in [2.24, 2.45) is 0 Å². The molecule has 1 atom stereocenters. The van der Waals surface area contributed by atoms with Crippen LogP contribution in [0.4, 0.5) is 0 Å². The molecule has 2 aromatic rings. The summed E-state index contributed by atoms with van der Waals surface area (Å²) in [4.78, 5) is 4.47. The van der Waals surface area contributed by atoms with Gasteiger partial charge in [-0.05, 0) is 37.1 Å². The second kappa shape index (κ2) is 7.50. The second-order valence-electron chi connectivity index (χ2n) is 4.90. The fourth-order valence-electron chi connectivity index (χ4n) is 2.32. The first-order valence-electron chi connectivity index (χ1n) is 7.22. The predicted molar refractivity (Wildman–Crippen MR) is 81.0 cm³/mol. The summed E-state index contributed by atoms with van der Waals surface area (Å²) in [6, 6.07) is 2.07. The predicted octanol–water partition coefficient (Wildman–Crippen LogP) is 3.82. The topological polar surface area (TPSA) is 43.0 Å². The Kier molecular flexibility index (Phi) is 5.68. The minimum atomic E-state index is 0.138. The van der Waals surface area contributed by atoms with E-state index in [-0.39, 0.29) is 6.04 Å². The molecule has 0 fully saturated rings. The van der Waals surface area contributed by atoms with Crippen LogP contribution in [0.1, 0.15) is 44.1 Å². The minimum Gasteiger partial charge on any atom is -0.453 e. The van der Waals surface area contributed by atoms with E-state index in [1.165, 1.54) is 0 Å². The molecule has 5 heteroatoms. The molecule has 0 saturated heterocycles. The van der Waals surface area contributed by atoms with Gasteiger partial charge in [-0.15, -0.1) is 0 Å². The third-order valence-corrected chi connectivity index (χ3v) is 3.62. The zero-order valence-electron chi connectivity index (χ0n) is 12.1. The van der Waals surface area contributed by atoms with E-state index in [2.05, 4.69) is 28.7 Å². The Morgan fingerprint density at radius 3 is 2.90 bits per heavy atom. The van der Waals surface area contributed by atoms with E-state index < -0.39 is 0 Å². The quantitative estimate of drug-likeness (QED) is 0.805. The van der Waals surface area contributed by atoms with E-state index in [4.69, 9.17) is 16.0 Å². The summed E-state index contributed by atoms with van der Waals surface area (Å²) in [5.41, 5.74) is 1.01. The molecule has 0 aliphatic heterocycles. The van der Waals surface area contributed by atoms with Gasteiger partial charge >= 0.3 is 0 Å². The maximum Gasteiger partial charge on any atom is 0.197 e. The molecule has 0 saturated carbocycles. The molecule has 1 N–H and O–H groups in total. The zero-order valence-corrected chi connectivity index (χ0v) is 12.9. The summed E-state index contributed by atoms with van der Waals surface area (Å²) in [5.74, 6) is 1.08. The van der Waals surface area contributed by atoms with Crippen molar-refractivity contribution in [2.45, 2.75) is 45.7 Å². The second-order valence-corrected chi connectivity index (χ2v) is 5.24. The summed E-state index contributed by atoms with van der Waals surface area (Å²) < 4.78 is 7.42. The maximum atomic E-state index is 6.12. The summed E-state index contributed by atoms with van der Waals surface area (Å²) >= 11 is 6.12. The van der Waals surface area contributed by atoms with Crippen LogP contribution in [0.15, 0.2) is 29.1 Å². The van der Waals surface area contributed by atoms with Gasteiger partial charge in [0.1, 0.15) is 5.82 Å². The molecule has 1 unspecified atom stereocenters. The number of nitrogens with one attached hydrogen (secondary N) is 1. The highest BCUT2D eigenvalue weighted by Gasteiger charge is 2.19. The molecule has 20 heavy (non-hydrogen) atoms. The summed E-state index contributed by atoms with van der Waals surface area (Å²) in [7, 11) is 0. The van der Waals surface area contributed by atoms with Crippen molar-refractivity contribution in [1.82, 2.24) is 14.9 Å². The molecule has 0 aliphatic rings. The SMILES string of the molecule is CCCNC(Cc1nccn1CCC)c1ccoc1Cl. The van der Waals surface area contributed by atoms with Crippen molar-refractivity contribution in [3.05, 3.63) is 41.3 Å². The molecular formula is C15H22ClN3O. The number of rotatable bonds is 8. The molecule has 0 aromatic carbocycles. The van der Waals surface area contributed by atoms with E-state index in [9.17, 15) is 0 Å². The molecule has 4 nitrogen and oxygen atoms in total. The average molecular weight is 296 g/mol. The molecule has 0 spiro atoms. The highest BCUT2D eigenvalue weighted by atomic mass is 35.5. The number of aromatic nitrogens is 2. The number of halogens is 1. The first kappa shape index (κ1) is 15.1. The lowest BCUT2D eigenvalue weighted by atomic mass is 10.1. The monoisotopic (exact) mass is 295 g/mol. The fraction of sp³-hybridized carbons (Fsp3) is 0.533. The third kappa shape index (κ3) is 3.64. The normalized spacial score (nSPS) is 12.8. The van der Waals surface area contributed by atoms with Crippen LogP contribution >= 0.6 is 11.6 Å². The standard InChI is InChI=1S/C15H22ClN3O/c1-3-6-17-13(12-5-10-20-15(12)16)11-14-18-7-9-19(14)8-4-2/h5,7,9-10,13,17H,3-4,6,8,11H2,1-2H3. The molecule has 110 valence electrons. The lowest BCUT2D eigenvalue weighted by Gasteiger charge is -2.18. The Bertz CT molecular complexity index is 521. The molecular weight excluding hydrogens is 274 g/mol. The van der Waals surface area contributed by atoms with Crippen LogP contribution in [0, 0.1) is 0 Å². The summed E-state index contributed by atoms with van der Waals surface area (Å²) in [6.07, 6.45) is 8.52. The van der Waals surface area contributed by atoms with Crippen molar-refractivity contribution in [1.29, 1.82) is 0 Å². The summed E-state index contributed by atoms with van der Waals surface area (Å²) in [5, 5.41) is 3.99. The van der Waals surface area contributed by atoms with Crippen molar-refractivity contribution in [3.63, 3.8) is 0 Å². The van der Waals surface area contributed by atoms with Crippen LogP contribution in [0.25, 0.3) is 0 Å². The zero-order chi connectivity index (χ0) is 14.4. The van der Waals surface area contributed by atoms with Crippen LogP contribution in [0.5, 0.6) is 0 Å². The Hall–Kier alpha value is -1.26. The van der Waals surface area contributed by atoms with Crippen LogP contribution < -0.4 is 5.32 Å². The summed E-state index contributed by atoms with van der Waals surface area (Å²) in [6.45, 7) is 6.26. The first-order valence-corrected chi connectivity index (χ1v) is 7.60. The van der Waals surface area contributed by atoms with Gasteiger partial charge in [0.15, 0.2) is 5.22 Å². The number of furan rings is 1. The first-order chi connectivity index (χ1) is 9.76. The molecule has 0 aliphatic carbocycles. The molecule has 0 radical (unpaired) electrons. The van der Waals surface area contributed by atoms with Gasteiger partial charge < -0.3 is 14.3 Å². The number of hydrogen-bond donors (Lipinski definition) is 1. The Balaban J connectivity index is 2.15. The number of hydrogen-bond acceptors (Lipinski definition) is 3. The lowest BCUT2D eigenvalue weighted by Crippen LogP contribution is -2.25. The van der Waals surface area contributed by atoms with E-state index in [1.54, 1.807) is 6.26 Å². The molecule has 2 rings (SSSR count). The van der Waals surface area contributed by atoms with Crippen molar-refractivity contribution < 1.29 is 4.42 Å². The van der Waals surface area contributed by atoms with Gasteiger partial charge in [-0.2, -0.15) is 0 Å². The molecule has 2 aromatic heterocycles. The fourth-order valence-corrected chi connectivity index (χ4v) is 2.57. The van der Waals surface area contributed by atoms with Crippen LogP contribution in [0.2, 0.25) is 5.22 Å². The minimum absolute atomic E-state index is 0.138. The third-order valence-electron chi connectivity index (χ3n) is 3.32. The van der Waals surface area contributed by atoms with Gasteiger partial charge in [0.05, 0.1) is 6.26 Å². The maximum absolute atomic E-state index is 6.12. The Labute approximate surface area is 125 Å².